The standard InChI is InChI=1S/C16H20N2O/c1-12(16-7-4-10-19-16)18-15-8-9-17-11-13-5-2-3-6-14(13)15/h2-7,10,12,15,17-18H,8-9,11H2,1H3/t12-,15?/m1/s1. The second kappa shape index (κ2) is 5.59. The van der Waals surface area contributed by atoms with E-state index < -0.39 is 0 Å². The average Bonchev–Trinajstić information content (AvgIpc) is 2.90. The van der Waals surface area contributed by atoms with Crippen LogP contribution in [0.25, 0.3) is 0 Å². The lowest BCUT2D eigenvalue weighted by Crippen LogP contribution is -2.25. The summed E-state index contributed by atoms with van der Waals surface area (Å²) >= 11 is 0. The van der Waals surface area contributed by atoms with Gasteiger partial charge in [-0.3, -0.25) is 0 Å². The second-order valence-electron chi connectivity index (χ2n) is 5.12. The summed E-state index contributed by atoms with van der Waals surface area (Å²) in [5.74, 6) is 0.995. The van der Waals surface area contributed by atoms with E-state index in [9.17, 15) is 0 Å². The molecular weight excluding hydrogens is 236 g/mol. The van der Waals surface area contributed by atoms with Crippen LogP contribution in [0, 0.1) is 0 Å². The molecule has 2 heterocycles. The highest BCUT2D eigenvalue weighted by Crippen LogP contribution is 2.26. The molecule has 1 aliphatic rings. The molecule has 3 heteroatoms. The van der Waals surface area contributed by atoms with Crippen molar-refractivity contribution in [3.05, 3.63) is 59.5 Å². The summed E-state index contributed by atoms with van der Waals surface area (Å²) in [6.45, 7) is 4.15. The van der Waals surface area contributed by atoms with Gasteiger partial charge in [0.05, 0.1) is 12.3 Å². The van der Waals surface area contributed by atoms with Crippen molar-refractivity contribution in [2.75, 3.05) is 6.54 Å². The molecule has 19 heavy (non-hydrogen) atoms. The lowest BCUT2D eigenvalue weighted by atomic mass is 9.98. The summed E-state index contributed by atoms with van der Waals surface area (Å²) < 4.78 is 5.48. The highest BCUT2D eigenvalue weighted by molar-refractivity contribution is 5.31. The van der Waals surface area contributed by atoms with E-state index in [0.717, 1.165) is 25.3 Å². The number of furan rings is 1. The minimum Gasteiger partial charge on any atom is -0.468 e. The van der Waals surface area contributed by atoms with Crippen molar-refractivity contribution in [1.82, 2.24) is 10.6 Å². The zero-order valence-corrected chi connectivity index (χ0v) is 11.2. The van der Waals surface area contributed by atoms with E-state index in [0.29, 0.717) is 6.04 Å². The quantitative estimate of drug-likeness (QED) is 0.885. The maximum atomic E-state index is 5.48. The number of hydrogen-bond donors (Lipinski definition) is 2. The molecule has 1 aromatic carbocycles. The molecule has 3 nitrogen and oxygen atoms in total. The predicted octanol–water partition coefficient (Wildman–Crippen LogP) is 3.16. The Morgan fingerprint density at radius 2 is 2.16 bits per heavy atom. The van der Waals surface area contributed by atoms with Gasteiger partial charge in [0.2, 0.25) is 0 Å². The van der Waals surface area contributed by atoms with Gasteiger partial charge in [-0.05, 0) is 43.1 Å². The first-order chi connectivity index (χ1) is 9.34. The average molecular weight is 256 g/mol. The van der Waals surface area contributed by atoms with E-state index in [1.54, 1.807) is 6.26 Å². The monoisotopic (exact) mass is 256 g/mol. The smallest absolute Gasteiger partial charge is 0.120 e. The van der Waals surface area contributed by atoms with E-state index in [4.69, 9.17) is 4.42 Å². The molecule has 0 saturated heterocycles. The van der Waals surface area contributed by atoms with Gasteiger partial charge in [-0.15, -0.1) is 0 Å². The van der Waals surface area contributed by atoms with Gasteiger partial charge >= 0.3 is 0 Å². The number of fused-ring (bicyclic) bond motifs is 1. The van der Waals surface area contributed by atoms with Crippen molar-refractivity contribution >= 4 is 0 Å². The molecular formula is C16H20N2O. The number of benzene rings is 1. The third-order valence-corrected chi connectivity index (χ3v) is 3.78. The molecule has 2 atom stereocenters. The summed E-state index contributed by atoms with van der Waals surface area (Å²) in [6, 6.07) is 13.2. The van der Waals surface area contributed by atoms with Gasteiger partial charge in [0.25, 0.3) is 0 Å². The van der Waals surface area contributed by atoms with Gasteiger partial charge in [0.15, 0.2) is 0 Å². The molecule has 3 rings (SSSR count). The zero-order valence-electron chi connectivity index (χ0n) is 11.2. The predicted molar refractivity (Wildman–Crippen MR) is 75.8 cm³/mol. The fourth-order valence-electron chi connectivity index (χ4n) is 2.75. The molecule has 1 aromatic heterocycles. The SMILES string of the molecule is C[C@@H](NC1CCNCc2ccccc21)c1ccco1. The molecule has 0 amide bonds. The minimum absolute atomic E-state index is 0.228. The van der Waals surface area contributed by atoms with Gasteiger partial charge in [-0.2, -0.15) is 0 Å². The summed E-state index contributed by atoms with van der Waals surface area (Å²) in [6.07, 6.45) is 2.83. The fraction of sp³-hybridized carbons (Fsp3) is 0.375. The molecule has 2 N–H and O–H groups in total. The van der Waals surface area contributed by atoms with E-state index in [-0.39, 0.29) is 6.04 Å². The first-order valence-electron chi connectivity index (χ1n) is 6.92. The van der Waals surface area contributed by atoms with Crippen molar-refractivity contribution < 1.29 is 4.42 Å². The summed E-state index contributed by atoms with van der Waals surface area (Å²) in [5.41, 5.74) is 2.80. The van der Waals surface area contributed by atoms with E-state index in [2.05, 4.69) is 41.8 Å². The molecule has 0 fully saturated rings. The van der Waals surface area contributed by atoms with Gasteiger partial charge in [-0.25, -0.2) is 0 Å². The van der Waals surface area contributed by atoms with Crippen LogP contribution in [0.4, 0.5) is 0 Å². The van der Waals surface area contributed by atoms with Crippen molar-refractivity contribution in [2.24, 2.45) is 0 Å². The van der Waals surface area contributed by atoms with Crippen LogP contribution in [0.15, 0.2) is 47.1 Å². The van der Waals surface area contributed by atoms with Gasteiger partial charge in [0, 0.05) is 12.6 Å². The van der Waals surface area contributed by atoms with Gasteiger partial charge < -0.3 is 15.1 Å². The van der Waals surface area contributed by atoms with E-state index in [1.165, 1.54) is 11.1 Å². The molecule has 0 spiro atoms. The normalized spacial score (nSPS) is 20.6. The maximum absolute atomic E-state index is 5.48. The Morgan fingerprint density at radius 3 is 3.00 bits per heavy atom. The molecule has 0 aliphatic carbocycles. The van der Waals surface area contributed by atoms with E-state index >= 15 is 0 Å². The molecule has 0 radical (unpaired) electrons. The molecule has 1 unspecified atom stereocenters. The minimum atomic E-state index is 0.228. The van der Waals surface area contributed by atoms with E-state index in [1.807, 2.05) is 12.1 Å². The Bertz CT molecular complexity index is 521. The highest BCUT2D eigenvalue weighted by Gasteiger charge is 2.20. The van der Waals surface area contributed by atoms with Crippen molar-refractivity contribution in [3.63, 3.8) is 0 Å². The summed E-state index contributed by atoms with van der Waals surface area (Å²) in [7, 11) is 0. The Kier molecular flexibility index (Phi) is 3.67. The summed E-state index contributed by atoms with van der Waals surface area (Å²) in [4.78, 5) is 0. The van der Waals surface area contributed by atoms with Crippen LogP contribution < -0.4 is 10.6 Å². The first-order valence-corrected chi connectivity index (χ1v) is 6.92. The Balaban J connectivity index is 1.80. The molecule has 0 saturated carbocycles. The lowest BCUT2D eigenvalue weighted by Gasteiger charge is -2.22. The van der Waals surface area contributed by atoms with Gasteiger partial charge in [-0.1, -0.05) is 24.3 Å². The summed E-state index contributed by atoms with van der Waals surface area (Å²) in [5, 5.41) is 7.16. The largest absolute Gasteiger partial charge is 0.468 e. The fourth-order valence-corrected chi connectivity index (χ4v) is 2.75. The van der Waals surface area contributed by atoms with Crippen LogP contribution in [0.3, 0.4) is 0 Å². The number of hydrogen-bond acceptors (Lipinski definition) is 3. The first kappa shape index (κ1) is 12.5. The third kappa shape index (κ3) is 2.72. The Morgan fingerprint density at radius 1 is 1.26 bits per heavy atom. The Labute approximate surface area is 114 Å². The molecule has 2 aromatic rings. The van der Waals surface area contributed by atoms with Crippen LogP contribution >= 0.6 is 0 Å². The highest BCUT2D eigenvalue weighted by atomic mass is 16.3. The zero-order chi connectivity index (χ0) is 13.1. The number of rotatable bonds is 3. The van der Waals surface area contributed by atoms with Crippen LogP contribution in [0.1, 0.15) is 42.3 Å². The van der Waals surface area contributed by atoms with Crippen LogP contribution in [0.5, 0.6) is 0 Å². The molecule has 0 bridgehead atoms. The van der Waals surface area contributed by atoms with Crippen molar-refractivity contribution in [3.8, 4) is 0 Å². The molecule has 1 aliphatic heterocycles. The lowest BCUT2D eigenvalue weighted by molar-refractivity contribution is 0.382. The third-order valence-electron chi connectivity index (χ3n) is 3.78. The number of nitrogens with one attached hydrogen (secondary N) is 2. The topological polar surface area (TPSA) is 37.2 Å². The maximum Gasteiger partial charge on any atom is 0.120 e. The molecule has 100 valence electrons. The Hall–Kier alpha value is -1.58. The van der Waals surface area contributed by atoms with Crippen molar-refractivity contribution in [2.45, 2.75) is 32.0 Å². The van der Waals surface area contributed by atoms with Crippen LogP contribution in [-0.4, -0.2) is 6.54 Å². The van der Waals surface area contributed by atoms with Crippen LogP contribution in [0.2, 0.25) is 0 Å². The van der Waals surface area contributed by atoms with Crippen molar-refractivity contribution in [1.29, 1.82) is 0 Å². The second-order valence-corrected chi connectivity index (χ2v) is 5.12. The van der Waals surface area contributed by atoms with Crippen LogP contribution in [-0.2, 0) is 6.54 Å². The van der Waals surface area contributed by atoms with Gasteiger partial charge in [0.1, 0.15) is 5.76 Å².